The van der Waals surface area contributed by atoms with Gasteiger partial charge in [0.05, 0.1) is 0 Å². The summed E-state index contributed by atoms with van der Waals surface area (Å²) in [5, 5.41) is 16.6. The van der Waals surface area contributed by atoms with Crippen molar-refractivity contribution < 1.29 is 5.11 Å². The maximum absolute atomic E-state index is 8.95. The first-order valence-corrected chi connectivity index (χ1v) is 6.41. The minimum absolute atomic E-state index is 0.234. The highest BCUT2D eigenvalue weighted by atomic mass is 16.3. The van der Waals surface area contributed by atoms with Crippen LogP contribution >= 0.6 is 0 Å². The summed E-state index contributed by atoms with van der Waals surface area (Å²) in [6.45, 7) is 5.17. The number of aryl methyl sites for hydroxylation is 1. The van der Waals surface area contributed by atoms with E-state index in [0.29, 0.717) is 11.9 Å². The Balaban J connectivity index is 2.06. The van der Waals surface area contributed by atoms with Crippen molar-refractivity contribution in [3.8, 4) is 0 Å². The number of aliphatic hydroxyl groups is 1. The van der Waals surface area contributed by atoms with E-state index in [9.17, 15) is 0 Å². The van der Waals surface area contributed by atoms with E-state index in [2.05, 4.69) is 22.3 Å². The molecule has 0 aliphatic carbocycles. The molecule has 0 radical (unpaired) electrons. The monoisotopic (exact) mass is 248 g/mol. The number of nitrogens with one attached hydrogen (secondary N) is 1. The van der Waals surface area contributed by atoms with Crippen LogP contribution in [0.25, 0.3) is 5.65 Å². The van der Waals surface area contributed by atoms with Gasteiger partial charge in [0.25, 0.3) is 0 Å². The van der Waals surface area contributed by atoms with Gasteiger partial charge in [0.15, 0.2) is 5.65 Å². The summed E-state index contributed by atoms with van der Waals surface area (Å²) in [4.78, 5) is 4.42. The van der Waals surface area contributed by atoms with Crippen molar-refractivity contribution in [2.75, 3.05) is 18.5 Å². The van der Waals surface area contributed by atoms with Crippen molar-refractivity contribution in [1.82, 2.24) is 14.6 Å². The second kappa shape index (κ2) is 5.82. The Morgan fingerprint density at radius 1 is 1.44 bits per heavy atom. The molecule has 5 nitrogen and oxygen atoms in total. The Labute approximate surface area is 107 Å². The molecule has 0 bridgehead atoms. The summed E-state index contributed by atoms with van der Waals surface area (Å²) < 4.78 is 1.83. The second-order valence-corrected chi connectivity index (χ2v) is 4.54. The van der Waals surface area contributed by atoms with Crippen LogP contribution in [0.15, 0.2) is 18.2 Å². The van der Waals surface area contributed by atoms with Crippen LogP contribution in [0.3, 0.4) is 0 Å². The van der Waals surface area contributed by atoms with Gasteiger partial charge in [-0.3, -0.25) is 0 Å². The molecule has 2 heterocycles. The highest BCUT2D eigenvalue weighted by molar-refractivity contribution is 5.44. The third-order valence-electron chi connectivity index (χ3n) is 3.21. The molecule has 0 saturated heterocycles. The molecule has 98 valence electrons. The predicted molar refractivity (Wildman–Crippen MR) is 71.7 cm³/mol. The summed E-state index contributed by atoms with van der Waals surface area (Å²) in [5.74, 6) is 1.11. The lowest BCUT2D eigenvalue weighted by Gasteiger charge is -2.12. The molecule has 0 saturated carbocycles. The molecular formula is C13H20N4O. The van der Waals surface area contributed by atoms with Gasteiger partial charge in [-0.15, -0.1) is 5.10 Å². The smallest absolute Gasteiger partial charge is 0.243 e. The molecule has 1 unspecified atom stereocenters. The molecular weight excluding hydrogens is 228 g/mol. The zero-order valence-corrected chi connectivity index (χ0v) is 10.9. The predicted octanol–water partition coefficient (Wildman–Crippen LogP) is 1.86. The van der Waals surface area contributed by atoms with Crippen LogP contribution in [0.4, 0.5) is 5.95 Å². The van der Waals surface area contributed by atoms with Crippen LogP contribution in [-0.2, 0) is 0 Å². The van der Waals surface area contributed by atoms with Crippen molar-refractivity contribution in [2.45, 2.75) is 26.7 Å². The van der Waals surface area contributed by atoms with Gasteiger partial charge in [-0.25, -0.2) is 4.52 Å². The average molecular weight is 248 g/mol. The Morgan fingerprint density at radius 3 is 2.94 bits per heavy atom. The third kappa shape index (κ3) is 2.79. The quantitative estimate of drug-likeness (QED) is 0.819. The molecule has 0 aromatic carbocycles. The van der Waals surface area contributed by atoms with E-state index in [0.717, 1.165) is 30.7 Å². The van der Waals surface area contributed by atoms with E-state index in [1.54, 1.807) is 0 Å². The molecule has 2 aromatic heterocycles. The van der Waals surface area contributed by atoms with E-state index >= 15 is 0 Å². The largest absolute Gasteiger partial charge is 0.396 e. The fourth-order valence-electron chi connectivity index (χ4n) is 1.98. The number of fused-ring (bicyclic) bond motifs is 1. The number of anilines is 1. The van der Waals surface area contributed by atoms with Crippen LogP contribution < -0.4 is 5.32 Å². The Morgan fingerprint density at radius 2 is 2.28 bits per heavy atom. The number of aliphatic hydroxyl groups excluding tert-OH is 1. The molecule has 5 heteroatoms. The van der Waals surface area contributed by atoms with Gasteiger partial charge in [-0.05, 0) is 31.4 Å². The van der Waals surface area contributed by atoms with Crippen molar-refractivity contribution in [3.05, 3.63) is 23.9 Å². The molecule has 0 spiro atoms. The highest BCUT2D eigenvalue weighted by Gasteiger charge is 2.08. The number of nitrogens with zero attached hydrogens (tertiary/aromatic N) is 3. The first-order valence-electron chi connectivity index (χ1n) is 6.41. The van der Waals surface area contributed by atoms with Crippen LogP contribution in [0.1, 0.15) is 25.5 Å². The topological polar surface area (TPSA) is 62.5 Å². The zero-order chi connectivity index (χ0) is 13.0. The first kappa shape index (κ1) is 12.8. The first-order chi connectivity index (χ1) is 8.74. The van der Waals surface area contributed by atoms with Crippen molar-refractivity contribution in [2.24, 2.45) is 5.92 Å². The fourth-order valence-corrected chi connectivity index (χ4v) is 1.98. The van der Waals surface area contributed by atoms with E-state index in [4.69, 9.17) is 5.11 Å². The summed E-state index contributed by atoms with van der Waals surface area (Å²) in [6.07, 6.45) is 1.86. The summed E-state index contributed by atoms with van der Waals surface area (Å²) in [7, 11) is 0. The zero-order valence-electron chi connectivity index (χ0n) is 10.9. The lowest BCUT2D eigenvalue weighted by molar-refractivity contribution is 0.258. The van der Waals surface area contributed by atoms with Crippen LogP contribution in [0.5, 0.6) is 0 Å². The van der Waals surface area contributed by atoms with Gasteiger partial charge < -0.3 is 10.4 Å². The van der Waals surface area contributed by atoms with Gasteiger partial charge in [0.2, 0.25) is 5.95 Å². The minimum Gasteiger partial charge on any atom is -0.396 e. The maximum Gasteiger partial charge on any atom is 0.243 e. The lowest BCUT2D eigenvalue weighted by atomic mass is 10.0. The van der Waals surface area contributed by atoms with Crippen molar-refractivity contribution in [3.63, 3.8) is 0 Å². The molecule has 1 atom stereocenters. The van der Waals surface area contributed by atoms with Gasteiger partial charge in [-0.1, -0.05) is 19.4 Å². The lowest BCUT2D eigenvalue weighted by Crippen LogP contribution is -2.15. The van der Waals surface area contributed by atoms with E-state index in [-0.39, 0.29) is 6.61 Å². The summed E-state index contributed by atoms with van der Waals surface area (Å²) >= 11 is 0. The SMILES string of the molecule is CCC(CCO)CNc1nc2cccc(C)n2n1. The third-order valence-corrected chi connectivity index (χ3v) is 3.21. The van der Waals surface area contributed by atoms with E-state index in [1.165, 1.54) is 0 Å². The Hall–Kier alpha value is -1.62. The van der Waals surface area contributed by atoms with Crippen LogP contribution in [-0.4, -0.2) is 32.9 Å². The van der Waals surface area contributed by atoms with Gasteiger partial charge in [0, 0.05) is 18.8 Å². The average Bonchev–Trinajstić information content (AvgIpc) is 2.79. The number of hydrogen-bond donors (Lipinski definition) is 2. The van der Waals surface area contributed by atoms with E-state index in [1.807, 2.05) is 29.6 Å². The molecule has 2 rings (SSSR count). The normalized spacial score (nSPS) is 12.8. The highest BCUT2D eigenvalue weighted by Crippen LogP contribution is 2.11. The molecule has 0 aliphatic heterocycles. The standard InChI is InChI=1S/C13H20N4O/c1-3-11(7-8-18)9-14-13-15-12-6-4-5-10(2)17(12)16-13/h4-6,11,18H,3,7-9H2,1-2H3,(H,14,16). The molecule has 2 N–H and O–H groups in total. The van der Waals surface area contributed by atoms with Gasteiger partial charge >= 0.3 is 0 Å². The number of pyridine rings is 1. The van der Waals surface area contributed by atoms with Crippen molar-refractivity contribution in [1.29, 1.82) is 0 Å². The second-order valence-electron chi connectivity index (χ2n) is 4.54. The van der Waals surface area contributed by atoms with E-state index < -0.39 is 0 Å². The minimum atomic E-state index is 0.234. The molecule has 0 aliphatic rings. The number of hydrogen-bond acceptors (Lipinski definition) is 4. The van der Waals surface area contributed by atoms with Gasteiger partial charge in [-0.2, -0.15) is 4.98 Å². The fraction of sp³-hybridized carbons (Fsp3) is 0.538. The van der Waals surface area contributed by atoms with Crippen LogP contribution in [0, 0.1) is 12.8 Å². The van der Waals surface area contributed by atoms with Crippen LogP contribution in [0.2, 0.25) is 0 Å². The molecule has 2 aromatic rings. The number of rotatable bonds is 6. The summed E-state index contributed by atoms with van der Waals surface area (Å²) in [6, 6.07) is 5.92. The maximum atomic E-state index is 8.95. The van der Waals surface area contributed by atoms with Crippen molar-refractivity contribution >= 4 is 11.6 Å². The Bertz CT molecular complexity index is 509. The Kier molecular flexibility index (Phi) is 4.15. The van der Waals surface area contributed by atoms with Gasteiger partial charge in [0.1, 0.15) is 0 Å². The molecule has 0 fully saturated rings. The molecule has 0 amide bonds. The molecule has 18 heavy (non-hydrogen) atoms. The summed E-state index contributed by atoms with van der Waals surface area (Å²) in [5.41, 5.74) is 1.92. The number of aromatic nitrogens is 3.